The summed E-state index contributed by atoms with van der Waals surface area (Å²) >= 11 is 0. The van der Waals surface area contributed by atoms with Crippen molar-refractivity contribution < 1.29 is 0 Å². The molecule has 0 aromatic carbocycles. The van der Waals surface area contributed by atoms with E-state index >= 15 is 0 Å². The third kappa shape index (κ3) is 3.20. The van der Waals surface area contributed by atoms with E-state index in [0.717, 1.165) is 25.1 Å². The molecule has 2 aromatic rings. The predicted octanol–water partition coefficient (Wildman–Crippen LogP) is 2.47. The first-order valence-corrected chi connectivity index (χ1v) is 6.92. The van der Waals surface area contributed by atoms with Crippen molar-refractivity contribution in [3.63, 3.8) is 0 Å². The van der Waals surface area contributed by atoms with Crippen LogP contribution in [0.25, 0.3) is 0 Å². The van der Waals surface area contributed by atoms with Crippen LogP contribution in [0.1, 0.15) is 43.3 Å². The zero-order valence-corrected chi connectivity index (χ0v) is 11.9. The van der Waals surface area contributed by atoms with E-state index in [1.54, 1.807) is 6.20 Å². The number of nitrogens with zero attached hydrogens (tertiary/aromatic N) is 3. The average molecular weight is 258 g/mol. The maximum atomic E-state index is 4.54. The second kappa shape index (κ2) is 6.48. The summed E-state index contributed by atoms with van der Waals surface area (Å²) in [7, 11) is 2.01. The Labute approximate surface area is 114 Å². The monoisotopic (exact) mass is 258 g/mol. The fourth-order valence-electron chi connectivity index (χ4n) is 2.21. The molecule has 1 N–H and O–H groups in total. The summed E-state index contributed by atoms with van der Waals surface area (Å²) in [5.74, 6) is 0. The van der Waals surface area contributed by atoms with E-state index in [4.69, 9.17) is 0 Å². The summed E-state index contributed by atoms with van der Waals surface area (Å²) in [6.07, 6.45) is 5.80. The molecule has 1 atom stereocenters. The second-order valence-electron chi connectivity index (χ2n) is 4.71. The Bertz CT molecular complexity index is 504. The van der Waals surface area contributed by atoms with Gasteiger partial charge in [0, 0.05) is 19.4 Å². The number of pyridine rings is 1. The van der Waals surface area contributed by atoms with Gasteiger partial charge in [-0.25, -0.2) is 0 Å². The van der Waals surface area contributed by atoms with Crippen molar-refractivity contribution in [1.29, 1.82) is 0 Å². The van der Waals surface area contributed by atoms with Crippen LogP contribution in [0.2, 0.25) is 0 Å². The van der Waals surface area contributed by atoms with Crippen molar-refractivity contribution in [3.8, 4) is 0 Å². The molecule has 2 aromatic heterocycles. The zero-order valence-electron chi connectivity index (χ0n) is 11.9. The van der Waals surface area contributed by atoms with Crippen LogP contribution < -0.4 is 5.32 Å². The number of aromatic nitrogens is 3. The predicted molar refractivity (Wildman–Crippen MR) is 77.0 cm³/mol. The maximum absolute atomic E-state index is 4.54. The Kier molecular flexibility index (Phi) is 4.68. The van der Waals surface area contributed by atoms with Crippen molar-refractivity contribution >= 4 is 0 Å². The molecule has 0 saturated carbocycles. The molecule has 0 aliphatic heterocycles. The summed E-state index contributed by atoms with van der Waals surface area (Å²) in [6, 6.07) is 6.43. The molecule has 4 heteroatoms. The zero-order chi connectivity index (χ0) is 13.7. The Hall–Kier alpha value is -1.68. The molecule has 0 aliphatic carbocycles. The molecule has 19 heavy (non-hydrogen) atoms. The quantitative estimate of drug-likeness (QED) is 0.865. The highest BCUT2D eigenvalue weighted by Crippen LogP contribution is 2.22. The fourth-order valence-corrected chi connectivity index (χ4v) is 2.21. The molecule has 102 valence electrons. The lowest BCUT2D eigenvalue weighted by Gasteiger charge is -2.18. The smallest absolute Gasteiger partial charge is 0.0763 e. The number of aryl methyl sites for hydroxylation is 2. The molecule has 4 nitrogen and oxygen atoms in total. The topological polar surface area (TPSA) is 42.7 Å². The van der Waals surface area contributed by atoms with Gasteiger partial charge in [-0.3, -0.25) is 9.67 Å². The molecule has 0 fully saturated rings. The summed E-state index contributed by atoms with van der Waals surface area (Å²) in [5, 5.41) is 8.12. The van der Waals surface area contributed by atoms with Gasteiger partial charge in [-0.2, -0.15) is 5.10 Å². The Balaban J connectivity index is 2.34. The highest BCUT2D eigenvalue weighted by Gasteiger charge is 2.18. The van der Waals surface area contributed by atoms with Crippen molar-refractivity contribution in [2.24, 2.45) is 7.05 Å². The normalized spacial score (nSPS) is 12.6. The van der Waals surface area contributed by atoms with Crippen molar-refractivity contribution in [3.05, 3.63) is 47.5 Å². The first kappa shape index (κ1) is 13.7. The molecule has 1 unspecified atom stereocenters. The van der Waals surface area contributed by atoms with Gasteiger partial charge in [0.1, 0.15) is 0 Å². The van der Waals surface area contributed by atoms with Gasteiger partial charge in [0.25, 0.3) is 0 Å². The minimum Gasteiger partial charge on any atom is -0.305 e. The molecule has 0 amide bonds. The molecule has 0 aliphatic rings. The molecule has 0 bridgehead atoms. The van der Waals surface area contributed by atoms with E-state index < -0.39 is 0 Å². The minimum atomic E-state index is 0.159. The summed E-state index contributed by atoms with van der Waals surface area (Å²) in [4.78, 5) is 4.23. The first-order chi connectivity index (χ1) is 9.26. The SMILES string of the molecule is CCCNC(c1cccnc1)c1cc(CC)nn1C. The van der Waals surface area contributed by atoms with Crippen LogP contribution in [0.15, 0.2) is 30.6 Å². The van der Waals surface area contributed by atoms with Gasteiger partial charge >= 0.3 is 0 Å². The minimum absolute atomic E-state index is 0.159. The Morgan fingerprint density at radius 2 is 2.21 bits per heavy atom. The van der Waals surface area contributed by atoms with Crippen molar-refractivity contribution in [1.82, 2.24) is 20.1 Å². The van der Waals surface area contributed by atoms with Gasteiger partial charge in [-0.1, -0.05) is 19.9 Å². The van der Waals surface area contributed by atoms with Crippen molar-refractivity contribution in [2.75, 3.05) is 6.54 Å². The van der Waals surface area contributed by atoms with Crippen LogP contribution in [0.3, 0.4) is 0 Å². The van der Waals surface area contributed by atoms with Gasteiger partial charge in [0.2, 0.25) is 0 Å². The van der Waals surface area contributed by atoms with E-state index in [9.17, 15) is 0 Å². The molecule has 0 radical (unpaired) electrons. The van der Waals surface area contributed by atoms with Gasteiger partial charge in [-0.15, -0.1) is 0 Å². The van der Waals surface area contributed by atoms with E-state index in [-0.39, 0.29) is 6.04 Å². The number of rotatable bonds is 6. The number of hydrogen-bond donors (Lipinski definition) is 1. The van der Waals surface area contributed by atoms with Crippen LogP contribution in [0.4, 0.5) is 0 Å². The first-order valence-electron chi connectivity index (χ1n) is 6.92. The van der Waals surface area contributed by atoms with Crippen LogP contribution in [0.5, 0.6) is 0 Å². The molecule has 0 spiro atoms. The van der Waals surface area contributed by atoms with E-state index in [0.29, 0.717) is 0 Å². The van der Waals surface area contributed by atoms with E-state index in [1.807, 2.05) is 24.0 Å². The van der Waals surface area contributed by atoms with Crippen molar-refractivity contribution in [2.45, 2.75) is 32.7 Å². The third-order valence-corrected chi connectivity index (χ3v) is 3.24. The van der Waals surface area contributed by atoms with Crippen LogP contribution in [0, 0.1) is 0 Å². The summed E-state index contributed by atoms with van der Waals surface area (Å²) in [6.45, 7) is 5.28. The van der Waals surface area contributed by atoms with Gasteiger partial charge in [0.05, 0.1) is 17.4 Å². The fraction of sp³-hybridized carbons (Fsp3) is 0.467. The molecule has 2 heterocycles. The van der Waals surface area contributed by atoms with E-state index in [2.05, 4.69) is 41.4 Å². The van der Waals surface area contributed by atoms with Crippen LogP contribution in [-0.2, 0) is 13.5 Å². The number of hydrogen-bond acceptors (Lipinski definition) is 3. The molecule has 0 saturated heterocycles. The Morgan fingerprint density at radius 1 is 1.37 bits per heavy atom. The molecular weight excluding hydrogens is 236 g/mol. The van der Waals surface area contributed by atoms with Gasteiger partial charge in [0.15, 0.2) is 0 Å². The highest BCUT2D eigenvalue weighted by atomic mass is 15.3. The highest BCUT2D eigenvalue weighted by molar-refractivity contribution is 5.27. The van der Waals surface area contributed by atoms with E-state index in [1.165, 1.54) is 11.3 Å². The lowest BCUT2D eigenvalue weighted by Crippen LogP contribution is -2.25. The lowest BCUT2D eigenvalue weighted by atomic mass is 10.0. The standard InChI is InChI=1S/C15H22N4/c1-4-8-17-15(12-7-6-9-16-11-12)14-10-13(5-2)18-19(14)3/h6-7,9-11,15,17H,4-5,8H2,1-3H3. The molecule has 2 rings (SSSR count). The number of nitrogens with one attached hydrogen (secondary N) is 1. The largest absolute Gasteiger partial charge is 0.305 e. The summed E-state index contributed by atoms with van der Waals surface area (Å²) in [5.41, 5.74) is 3.50. The van der Waals surface area contributed by atoms with Gasteiger partial charge < -0.3 is 5.32 Å². The lowest BCUT2D eigenvalue weighted by molar-refractivity contribution is 0.551. The maximum Gasteiger partial charge on any atom is 0.0763 e. The third-order valence-electron chi connectivity index (χ3n) is 3.24. The average Bonchev–Trinajstić information content (AvgIpc) is 2.82. The van der Waals surface area contributed by atoms with Gasteiger partial charge in [-0.05, 0) is 37.1 Å². The molecular formula is C15H22N4. The summed E-state index contributed by atoms with van der Waals surface area (Å²) < 4.78 is 1.97. The second-order valence-corrected chi connectivity index (χ2v) is 4.71. The Morgan fingerprint density at radius 3 is 2.79 bits per heavy atom. The van der Waals surface area contributed by atoms with Crippen LogP contribution in [-0.4, -0.2) is 21.3 Å². The van der Waals surface area contributed by atoms with Crippen LogP contribution >= 0.6 is 0 Å².